The lowest BCUT2D eigenvalue weighted by atomic mass is 10.1. The molecule has 0 aliphatic heterocycles. The standard InChI is InChI=1S/C9H6F4N2/c10-7-3-5(1-2-6(7)4-14)8(15)9(11,12)13/h1-3,8H,15H2/t8-/m1/s1. The summed E-state index contributed by atoms with van der Waals surface area (Å²) in [6.45, 7) is 0. The smallest absolute Gasteiger partial charge is 0.316 e. The first-order valence-corrected chi connectivity index (χ1v) is 3.88. The zero-order valence-electron chi connectivity index (χ0n) is 7.35. The van der Waals surface area contributed by atoms with Gasteiger partial charge >= 0.3 is 6.18 Å². The lowest BCUT2D eigenvalue weighted by molar-refractivity contribution is -0.149. The summed E-state index contributed by atoms with van der Waals surface area (Å²) < 4.78 is 49.4. The molecule has 0 heterocycles. The van der Waals surface area contributed by atoms with E-state index in [1.807, 2.05) is 0 Å². The van der Waals surface area contributed by atoms with Gasteiger partial charge in [-0.15, -0.1) is 0 Å². The molecule has 0 fully saturated rings. The zero-order valence-corrected chi connectivity index (χ0v) is 7.35. The molecule has 15 heavy (non-hydrogen) atoms. The highest BCUT2D eigenvalue weighted by atomic mass is 19.4. The molecule has 1 rings (SSSR count). The van der Waals surface area contributed by atoms with Crippen molar-refractivity contribution in [1.29, 1.82) is 5.26 Å². The molecule has 0 aliphatic carbocycles. The molecular formula is C9H6F4N2. The van der Waals surface area contributed by atoms with Crippen molar-refractivity contribution in [2.45, 2.75) is 12.2 Å². The quantitative estimate of drug-likeness (QED) is 0.735. The minimum Gasteiger partial charge on any atom is -0.316 e. The number of rotatable bonds is 1. The predicted molar refractivity (Wildman–Crippen MR) is 44.1 cm³/mol. The van der Waals surface area contributed by atoms with Gasteiger partial charge in [0.25, 0.3) is 0 Å². The number of benzene rings is 1. The number of hydrogen-bond donors (Lipinski definition) is 1. The summed E-state index contributed by atoms with van der Waals surface area (Å²) in [4.78, 5) is 0. The predicted octanol–water partition coefficient (Wildman–Crippen LogP) is 2.26. The largest absolute Gasteiger partial charge is 0.407 e. The highest BCUT2D eigenvalue weighted by Gasteiger charge is 2.38. The van der Waals surface area contributed by atoms with E-state index in [9.17, 15) is 17.6 Å². The Balaban J connectivity index is 3.09. The van der Waals surface area contributed by atoms with Crippen molar-refractivity contribution >= 4 is 0 Å². The summed E-state index contributed by atoms with van der Waals surface area (Å²) in [5.41, 5.74) is 4.14. The molecule has 0 saturated heterocycles. The van der Waals surface area contributed by atoms with E-state index in [1.54, 1.807) is 0 Å². The second-order valence-corrected chi connectivity index (χ2v) is 2.87. The van der Waals surface area contributed by atoms with Crippen LogP contribution in [0.2, 0.25) is 0 Å². The first-order chi connectivity index (χ1) is 6.86. The van der Waals surface area contributed by atoms with Crippen molar-refractivity contribution in [1.82, 2.24) is 0 Å². The Labute approximate surface area is 82.9 Å². The fourth-order valence-electron chi connectivity index (χ4n) is 1.00. The molecule has 1 aromatic rings. The van der Waals surface area contributed by atoms with E-state index < -0.39 is 23.6 Å². The summed E-state index contributed by atoms with van der Waals surface area (Å²) in [5.74, 6) is -1.00. The number of alkyl halides is 3. The maximum Gasteiger partial charge on any atom is 0.407 e. The first kappa shape index (κ1) is 11.5. The van der Waals surface area contributed by atoms with Gasteiger partial charge in [-0.25, -0.2) is 4.39 Å². The Morgan fingerprint density at radius 1 is 1.33 bits per heavy atom. The third kappa shape index (κ3) is 2.44. The maximum atomic E-state index is 13.0. The van der Waals surface area contributed by atoms with Crippen molar-refractivity contribution in [2.75, 3.05) is 0 Å². The van der Waals surface area contributed by atoms with Crippen molar-refractivity contribution in [3.63, 3.8) is 0 Å². The summed E-state index contributed by atoms with van der Waals surface area (Å²) in [6, 6.07) is 1.84. The average Bonchev–Trinajstić information content (AvgIpc) is 2.15. The van der Waals surface area contributed by atoms with Crippen molar-refractivity contribution in [3.05, 3.63) is 35.1 Å². The normalized spacial score (nSPS) is 13.3. The van der Waals surface area contributed by atoms with Crippen LogP contribution < -0.4 is 5.73 Å². The fourth-order valence-corrected chi connectivity index (χ4v) is 1.00. The fraction of sp³-hybridized carbons (Fsp3) is 0.222. The van der Waals surface area contributed by atoms with Crippen molar-refractivity contribution in [3.8, 4) is 6.07 Å². The summed E-state index contributed by atoms with van der Waals surface area (Å²) in [7, 11) is 0. The Kier molecular flexibility index (Phi) is 2.95. The van der Waals surface area contributed by atoms with E-state index in [1.165, 1.54) is 6.07 Å². The molecule has 2 N–H and O–H groups in total. The van der Waals surface area contributed by atoms with Gasteiger partial charge in [-0.05, 0) is 17.7 Å². The number of nitriles is 1. The molecule has 6 heteroatoms. The van der Waals surface area contributed by atoms with E-state index in [2.05, 4.69) is 0 Å². The van der Waals surface area contributed by atoms with E-state index >= 15 is 0 Å². The van der Waals surface area contributed by atoms with Gasteiger partial charge in [0.2, 0.25) is 0 Å². The van der Waals surface area contributed by atoms with Gasteiger partial charge in [-0.2, -0.15) is 18.4 Å². The van der Waals surface area contributed by atoms with E-state index in [0.29, 0.717) is 6.07 Å². The molecule has 0 aliphatic rings. The second kappa shape index (κ2) is 3.87. The average molecular weight is 218 g/mol. The van der Waals surface area contributed by atoms with Gasteiger partial charge in [-0.1, -0.05) is 6.07 Å². The molecule has 0 aromatic heterocycles. The van der Waals surface area contributed by atoms with Crippen LogP contribution in [-0.4, -0.2) is 6.18 Å². The topological polar surface area (TPSA) is 49.8 Å². The Bertz CT molecular complexity index is 406. The van der Waals surface area contributed by atoms with Gasteiger partial charge in [0.15, 0.2) is 0 Å². The van der Waals surface area contributed by atoms with Crippen LogP contribution in [0.15, 0.2) is 18.2 Å². The molecule has 0 amide bonds. The molecule has 2 nitrogen and oxygen atoms in total. The van der Waals surface area contributed by atoms with Gasteiger partial charge in [0.1, 0.15) is 17.9 Å². The highest BCUT2D eigenvalue weighted by Crippen LogP contribution is 2.30. The number of nitrogens with zero attached hydrogens (tertiary/aromatic N) is 1. The van der Waals surface area contributed by atoms with Gasteiger partial charge in [-0.3, -0.25) is 0 Å². The Morgan fingerprint density at radius 3 is 2.33 bits per heavy atom. The maximum absolute atomic E-state index is 13.0. The van der Waals surface area contributed by atoms with E-state index in [-0.39, 0.29) is 5.56 Å². The minimum atomic E-state index is -4.62. The molecule has 1 aromatic carbocycles. The van der Waals surface area contributed by atoms with Gasteiger partial charge in [0.05, 0.1) is 5.56 Å². The van der Waals surface area contributed by atoms with Crippen LogP contribution in [0.3, 0.4) is 0 Å². The molecule has 1 atom stereocenters. The molecule has 0 radical (unpaired) electrons. The second-order valence-electron chi connectivity index (χ2n) is 2.87. The molecule has 0 unspecified atom stereocenters. The molecule has 0 spiro atoms. The van der Waals surface area contributed by atoms with Crippen LogP contribution in [0.4, 0.5) is 17.6 Å². The van der Waals surface area contributed by atoms with Crippen molar-refractivity contribution < 1.29 is 17.6 Å². The zero-order chi connectivity index (χ0) is 11.6. The van der Waals surface area contributed by atoms with Crippen LogP contribution in [-0.2, 0) is 0 Å². The van der Waals surface area contributed by atoms with E-state index in [0.717, 1.165) is 12.1 Å². The summed E-state index contributed by atoms with van der Waals surface area (Å²) in [6.07, 6.45) is -4.62. The summed E-state index contributed by atoms with van der Waals surface area (Å²) in [5, 5.41) is 8.36. The van der Waals surface area contributed by atoms with Crippen LogP contribution in [0, 0.1) is 17.1 Å². The van der Waals surface area contributed by atoms with Crippen LogP contribution in [0.1, 0.15) is 17.2 Å². The van der Waals surface area contributed by atoms with Crippen LogP contribution in [0.5, 0.6) is 0 Å². The van der Waals surface area contributed by atoms with Crippen molar-refractivity contribution in [2.24, 2.45) is 5.73 Å². The lowest BCUT2D eigenvalue weighted by Crippen LogP contribution is -2.28. The molecule has 0 bridgehead atoms. The summed E-state index contributed by atoms with van der Waals surface area (Å²) >= 11 is 0. The first-order valence-electron chi connectivity index (χ1n) is 3.88. The third-order valence-electron chi connectivity index (χ3n) is 1.83. The lowest BCUT2D eigenvalue weighted by Gasteiger charge is -2.15. The Morgan fingerprint density at radius 2 is 1.93 bits per heavy atom. The molecule has 0 saturated carbocycles. The SMILES string of the molecule is N#Cc1ccc([C@@H](N)C(F)(F)F)cc1F. The van der Waals surface area contributed by atoms with Crippen LogP contribution >= 0.6 is 0 Å². The monoisotopic (exact) mass is 218 g/mol. The Hall–Kier alpha value is -1.61. The number of hydrogen-bond acceptors (Lipinski definition) is 2. The van der Waals surface area contributed by atoms with E-state index in [4.69, 9.17) is 11.0 Å². The third-order valence-corrected chi connectivity index (χ3v) is 1.83. The molecular weight excluding hydrogens is 212 g/mol. The molecule has 80 valence electrons. The minimum absolute atomic E-state index is 0.312. The number of halogens is 4. The van der Waals surface area contributed by atoms with Crippen LogP contribution in [0.25, 0.3) is 0 Å². The van der Waals surface area contributed by atoms with Gasteiger partial charge in [0, 0.05) is 0 Å². The highest BCUT2D eigenvalue weighted by molar-refractivity contribution is 5.34. The number of nitrogens with two attached hydrogens (primary N) is 1. The van der Waals surface area contributed by atoms with Gasteiger partial charge < -0.3 is 5.73 Å².